The summed E-state index contributed by atoms with van der Waals surface area (Å²) in [6.07, 6.45) is 7.82. The zero-order chi connectivity index (χ0) is 11.5. The number of carbonyl (C=O) groups excluding carboxylic acids is 1. The molecule has 4 nitrogen and oxygen atoms in total. The summed E-state index contributed by atoms with van der Waals surface area (Å²) in [6, 6.07) is 0.312. The van der Waals surface area contributed by atoms with Crippen LogP contribution in [0.4, 0.5) is 0 Å². The van der Waals surface area contributed by atoms with Crippen molar-refractivity contribution in [1.29, 1.82) is 0 Å². The molecule has 0 radical (unpaired) electrons. The number of amides is 1. The quantitative estimate of drug-likeness (QED) is 0.717. The summed E-state index contributed by atoms with van der Waals surface area (Å²) in [4.78, 5) is 24.5. The Balaban J connectivity index is 1.90. The van der Waals surface area contributed by atoms with Crippen molar-refractivity contribution >= 4 is 11.9 Å². The van der Waals surface area contributed by atoms with Gasteiger partial charge in [0.05, 0.1) is 6.42 Å². The van der Waals surface area contributed by atoms with Crippen molar-refractivity contribution in [2.45, 2.75) is 38.1 Å². The van der Waals surface area contributed by atoms with Crippen molar-refractivity contribution in [1.82, 2.24) is 4.90 Å². The summed E-state index contributed by atoms with van der Waals surface area (Å²) in [5.74, 6) is -0.619. The highest BCUT2D eigenvalue weighted by Crippen LogP contribution is 2.30. The minimum atomic E-state index is -0.831. The summed E-state index contributed by atoms with van der Waals surface area (Å²) >= 11 is 0. The molecule has 1 amide bonds. The SMILES string of the molecule is O=C(O)CCN(C(=O)C1CC=CC1)C1CC1. The summed E-state index contributed by atoms with van der Waals surface area (Å²) in [5, 5.41) is 8.66. The van der Waals surface area contributed by atoms with Crippen molar-refractivity contribution in [3.8, 4) is 0 Å². The summed E-state index contributed by atoms with van der Waals surface area (Å²) in [5.41, 5.74) is 0. The van der Waals surface area contributed by atoms with Crippen LogP contribution in [0.1, 0.15) is 32.1 Å². The standard InChI is InChI=1S/C12H17NO3/c14-11(15)7-8-13(10-5-6-10)12(16)9-3-1-2-4-9/h1-2,9-10H,3-8H2,(H,14,15). The second-order valence-corrected chi connectivity index (χ2v) is 4.55. The number of allylic oxidation sites excluding steroid dienone is 2. The van der Waals surface area contributed by atoms with Crippen LogP contribution >= 0.6 is 0 Å². The van der Waals surface area contributed by atoms with Gasteiger partial charge in [-0.2, -0.15) is 0 Å². The lowest BCUT2D eigenvalue weighted by Crippen LogP contribution is -2.38. The fourth-order valence-corrected chi connectivity index (χ4v) is 2.13. The highest BCUT2D eigenvalue weighted by Gasteiger charge is 2.35. The largest absolute Gasteiger partial charge is 0.481 e. The third-order valence-electron chi connectivity index (χ3n) is 3.19. The summed E-state index contributed by atoms with van der Waals surface area (Å²) in [6.45, 7) is 0.370. The van der Waals surface area contributed by atoms with Gasteiger partial charge in [-0.1, -0.05) is 12.2 Å². The molecule has 0 saturated heterocycles. The molecule has 2 aliphatic rings. The van der Waals surface area contributed by atoms with E-state index in [0.29, 0.717) is 12.6 Å². The van der Waals surface area contributed by atoms with Crippen LogP contribution in [-0.2, 0) is 9.59 Å². The zero-order valence-corrected chi connectivity index (χ0v) is 9.26. The molecule has 1 saturated carbocycles. The van der Waals surface area contributed by atoms with E-state index in [9.17, 15) is 9.59 Å². The van der Waals surface area contributed by atoms with Crippen LogP contribution in [0.25, 0.3) is 0 Å². The molecule has 0 spiro atoms. The number of nitrogens with zero attached hydrogens (tertiary/aromatic N) is 1. The Hall–Kier alpha value is -1.32. The molecule has 2 aliphatic carbocycles. The van der Waals surface area contributed by atoms with Crippen molar-refractivity contribution in [3.05, 3.63) is 12.2 Å². The minimum absolute atomic E-state index is 0.0579. The summed E-state index contributed by atoms with van der Waals surface area (Å²) in [7, 11) is 0. The lowest BCUT2D eigenvalue weighted by Gasteiger charge is -2.24. The van der Waals surface area contributed by atoms with Gasteiger partial charge < -0.3 is 10.0 Å². The molecular formula is C12H17NO3. The van der Waals surface area contributed by atoms with Crippen LogP contribution in [0.5, 0.6) is 0 Å². The predicted molar refractivity (Wildman–Crippen MR) is 58.9 cm³/mol. The van der Waals surface area contributed by atoms with Gasteiger partial charge >= 0.3 is 5.97 Å². The van der Waals surface area contributed by atoms with Gasteiger partial charge in [0.2, 0.25) is 5.91 Å². The van der Waals surface area contributed by atoms with E-state index in [1.54, 1.807) is 4.90 Å². The molecule has 0 aliphatic heterocycles. The van der Waals surface area contributed by atoms with Crippen molar-refractivity contribution in [3.63, 3.8) is 0 Å². The molecule has 1 fully saturated rings. The van der Waals surface area contributed by atoms with Crippen LogP contribution in [0.15, 0.2) is 12.2 Å². The molecule has 0 bridgehead atoms. The zero-order valence-electron chi connectivity index (χ0n) is 9.26. The maximum absolute atomic E-state index is 12.1. The molecular weight excluding hydrogens is 206 g/mol. The Labute approximate surface area is 94.9 Å². The lowest BCUT2D eigenvalue weighted by molar-refractivity contribution is -0.140. The highest BCUT2D eigenvalue weighted by atomic mass is 16.4. The molecule has 0 atom stereocenters. The first-order valence-electron chi connectivity index (χ1n) is 5.85. The Kier molecular flexibility index (Phi) is 3.27. The molecule has 0 aromatic carbocycles. The Morgan fingerprint density at radius 2 is 1.88 bits per heavy atom. The average Bonchev–Trinajstić information content (AvgIpc) is 2.93. The van der Waals surface area contributed by atoms with E-state index in [1.807, 2.05) is 12.2 Å². The highest BCUT2D eigenvalue weighted by molar-refractivity contribution is 5.81. The number of carboxylic acid groups (broad SMARTS) is 1. The van der Waals surface area contributed by atoms with Crippen molar-refractivity contribution in [2.24, 2.45) is 5.92 Å². The first-order valence-corrected chi connectivity index (χ1v) is 5.85. The number of hydrogen-bond donors (Lipinski definition) is 1. The van der Waals surface area contributed by atoms with Gasteiger partial charge in [-0.05, 0) is 25.7 Å². The van der Waals surface area contributed by atoms with Gasteiger partial charge in [-0.25, -0.2) is 0 Å². The van der Waals surface area contributed by atoms with Crippen LogP contribution in [-0.4, -0.2) is 34.5 Å². The van der Waals surface area contributed by atoms with E-state index >= 15 is 0 Å². The second kappa shape index (κ2) is 4.68. The third kappa shape index (κ3) is 2.62. The van der Waals surface area contributed by atoms with Gasteiger partial charge in [0.1, 0.15) is 0 Å². The second-order valence-electron chi connectivity index (χ2n) is 4.55. The molecule has 0 aromatic rings. The molecule has 0 unspecified atom stereocenters. The minimum Gasteiger partial charge on any atom is -0.481 e. The Bertz CT molecular complexity index is 312. The van der Waals surface area contributed by atoms with Gasteiger partial charge in [0.15, 0.2) is 0 Å². The number of carbonyl (C=O) groups is 2. The predicted octanol–water partition coefficient (Wildman–Crippen LogP) is 1.42. The van der Waals surface area contributed by atoms with Crippen molar-refractivity contribution in [2.75, 3.05) is 6.54 Å². The Morgan fingerprint density at radius 3 is 2.38 bits per heavy atom. The molecule has 0 aromatic heterocycles. The van der Waals surface area contributed by atoms with E-state index in [2.05, 4.69) is 0 Å². The maximum atomic E-state index is 12.1. The van der Waals surface area contributed by atoms with Crippen LogP contribution in [0.2, 0.25) is 0 Å². The van der Waals surface area contributed by atoms with Gasteiger partial charge in [0, 0.05) is 18.5 Å². The third-order valence-corrected chi connectivity index (χ3v) is 3.19. The lowest BCUT2D eigenvalue weighted by atomic mass is 10.1. The fourth-order valence-electron chi connectivity index (χ4n) is 2.13. The molecule has 88 valence electrons. The monoisotopic (exact) mass is 223 g/mol. The molecule has 2 rings (SSSR count). The maximum Gasteiger partial charge on any atom is 0.305 e. The van der Waals surface area contributed by atoms with Crippen LogP contribution in [0, 0.1) is 5.92 Å². The van der Waals surface area contributed by atoms with Gasteiger partial charge in [0.25, 0.3) is 0 Å². The van der Waals surface area contributed by atoms with E-state index in [-0.39, 0.29) is 18.2 Å². The fraction of sp³-hybridized carbons (Fsp3) is 0.667. The van der Waals surface area contributed by atoms with E-state index in [4.69, 9.17) is 5.11 Å². The van der Waals surface area contributed by atoms with Crippen molar-refractivity contribution < 1.29 is 14.7 Å². The topological polar surface area (TPSA) is 57.6 Å². The van der Waals surface area contributed by atoms with Gasteiger partial charge in [-0.15, -0.1) is 0 Å². The van der Waals surface area contributed by atoms with Gasteiger partial charge in [-0.3, -0.25) is 9.59 Å². The molecule has 1 N–H and O–H groups in total. The number of rotatable bonds is 5. The van der Waals surface area contributed by atoms with E-state index in [1.165, 1.54) is 0 Å². The molecule has 16 heavy (non-hydrogen) atoms. The van der Waals surface area contributed by atoms with Crippen LogP contribution in [0.3, 0.4) is 0 Å². The van der Waals surface area contributed by atoms with E-state index in [0.717, 1.165) is 25.7 Å². The molecule has 0 heterocycles. The first-order chi connectivity index (χ1) is 7.68. The first kappa shape index (κ1) is 11.2. The number of carboxylic acids is 1. The number of hydrogen-bond acceptors (Lipinski definition) is 2. The average molecular weight is 223 g/mol. The normalized spacial score (nSPS) is 20.0. The van der Waals surface area contributed by atoms with E-state index < -0.39 is 5.97 Å². The van der Waals surface area contributed by atoms with Crippen LogP contribution < -0.4 is 0 Å². The molecule has 4 heteroatoms. The Morgan fingerprint density at radius 1 is 1.25 bits per heavy atom. The number of aliphatic carboxylic acids is 1. The smallest absolute Gasteiger partial charge is 0.305 e. The summed E-state index contributed by atoms with van der Waals surface area (Å²) < 4.78 is 0.